The molecule has 0 aliphatic heterocycles. The van der Waals surface area contributed by atoms with Crippen molar-refractivity contribution in [1.82, 2.24) is 0 Å². The van der Waals surface area contributed by atoms with Crippen LogP contribution in [0, 0.1) is 12.7 Å². The first-order chi connectivity index (χ1) is 8.97. The molecule has 0 saturated heterocycles. The first kappa shape index (κ1) is 12.9. The quantitative estimate of drug-likeness (QED) is 0.832. The van der Waals surface area contributed by atoms with Crippen molar-refractivity contribution in [2.24, 2.45) is 0 Å². The molecule has 0 spiro atoms. The number of hydrogen-bond acceptors (Lipinski definition) is 3. The SMILES string of the molecule is Cc1cc(Oc2cc(N)ccc2C(=O)O)ccc1F. The average molecular weight is 261 g/mol. The van der Waals surface area contributed by atoms with Crippen molar-refractivity contribution in [3.63, 3.8) is 0 Å². The number of rotatable bonds is 3. The van der Waals surface area contributed by atoms with Crippen molar-refractivity contribution in [2.45, 2.75) is 6.92 Å². The third kappa shape index (κ3) is 2.82. The molecule has 0 aromatic heterocycles. The van der Waals surface area contributed by atoms with E-state index in [-0.39, 0.29) is 17.1 Å². The lowest BCUT2D eigenvalue weighted by molar-refractivity contribution is 0.0694. The molecule has 5 heteroatoms. The number of carboxylic acid groups (broad SMARTS) is 1. The highest BCUT2D eigenvalue weighted by Gasteiger charge is 2.12. The number of nitrogens with two attached hydrogens (primary N) is 1. The summed E-state index contributed by atoms with van der Waals surface area (Å²) in [5, 5.41) is 9.05. The lowest BCUT2D eigenvalue weighted by Crippen LogP contribution is -2.01. The van der Waals surface area contributed by atoms with Gasteiger partial charge in [-0.2, -0.15) is 0 Å². The molecule has 0 radical (unpaired) electrons. The maximum atomic E-state index is 13.1. The van der Waals surface area contributed by atoms with E-state index in [0.717, 1.165) is 0 Å². The van der Waals surface area contributed by atoms with Gasteiger partial charge in [0.15, 0.2) is 0 Å². The molecule has 0 heterocycles. The van der Waals surface area contributed by atoms with Gasteiger partial charge >= 0.3 is 5.97 Å². The fourth-order valence-corrected chi connectivity index (χ4v) is 1.61. The molecule has 0 aliphatic carbocycles. The Morgan fingerprint density at radius 1 is 1.26 bits per heavy atom. The molecular weight excluding hydrogens is 249 g/mol. The normalized spacial score (nSPS) is 10.2. The third-order valence-electron chi connectivity index (χ3n) is 2.59. The van der Waals surface area contributed by atoms with Crippen LogP contribution in [0.2, 0.25) is 0 Å². The maximum absolute atomic E-state index is 13.1. The van der Waals surface area contributed by atoms with Crippen LogP contribution in [0.25, 0.3) is 0 Å². The number of carbonyl (C=O) groups is 1. The van der Waals surface area contributed by atoms with Gasteiger partial charge in [0.2, 0.25) is 0 Å². The minimum Gasteiger partial charge on any atom is -0.478 e. The van der Waals surface area contributed by atoms with Gasteiger partial charge in [0.05, 0.1) is 0 Å². The number of anilines is 1. The zero-order valence-electron chi connectivity index (χ0n) is 10.2. The van der Waals surface area contributed by atoms with E-state index in [1.807, 2.05) is 0 Å². The van der Waals surface area contributed by atoms with Gasteiger partial charge in [-0.25, -0.2) is 9.18 Å². The van der Waals surface area contributed by atoms with E-state index < -0.39 is 5.97 Å². The Bertz CT molecular complexity index is 641. The molecule has 0 amide bonds. The molecule has 19 heavy (non-hydrogen) atoms. The number of aromatic carboxylic acids is 1. The van der Waals surface area contributed by atoms with Crippen LogP contribution in [0.5, 0.6) is 11.5 Å². The van der Waals surface area contributed by atoms with Crippen LogP contribution in [0.15, 0.2) is 36.4 Å². The predicted octanol–water partition coefficient (Wildman–Crippen LogP) is 3.21. The first-order valence-corrected chi connectivity index (χ1v) is 5.54. The minimum absolute atomic E-state index is 0.00354. The third-order valence-corrected chi connectivity index (χ3v) is 2.59. The molecule has 0 aliphatic rings. The lowest BCUT2D eigenvalue weighted by atomic mass is 10.2. The summed E-state index contributed by atoms with van der Waals surface area (Å²) in [6, 6.07) is 8.44. The fraction of sp³-hybridized carbons (Fsp3) is 0.0714. The van der Waals surface area contributed by atoms with Crippen molar-refractivity contribution in [3.05, 3.63) is 53.3 Å². The van der Waals surface area contributed by atoms with E-state index in [0.29, 0.717) is 17.0 Å². The van der Waals surface area contributed by atoms with E-state index in [4.69, 9.17) is 15.6 Å². The van der Waals surface area contributed by atoms with Crippen LogP contribution in [-0.2, 0) is 0 Å². The molecule has 0 bridgehead atoms. The van der Waals surface area contributed by atoms with E-state index in [2.05, 4.69) is 0 Å². The van der Waals surface area contributed by atoms with Crippen molar-refractivity contribution in [2.75, 3.05) is 5.73 Å². The zero-order valence-corrected chi connectivity index (χ0v) is 10.2. The largest absolute Gasteiger partial charge is 0.478 e. The Balaban J connectivity index is 2.39. The van der Waals surface area contributed by atoms with Crippen LogP contribution < -0.4 is 10.5 Å². The van der Waals surface area contributed by atoms with Crippen molar-refractivity contribution >= 4 is 11.7 Å². The van der Waals surface area contributed by atoms with Crippen LogP contribution >= 0.6 is 0 Å². The van der Waals surface area contributed by atoms with Gasteiger partial charge in [-0.3, -0.25) is 0 Å². The second-order valence-electron chi connectivity index (χ2n) is 4.07. The Kier molecular flexibility index (Phi) is 3.37. The van der Waals surface area contributed by atoms with Gasteiger partial charge in [-0.05, 0) is 42.8 Å². The molecule has 2 aromatic rings. The van der Waals surface area contributed by atoms with Crippen molar-refractivity contribution in [3.8, 4) is 11.5 Å². The molecule has 0 saturated carbocycles. The number of ether oxygens (including phenoxy) is 1. The number of benzene rings is 2. The smallest absolute Gasteiger partial charge is 0.339 e. The van der Waals surface area contributed by atoms with E-state index in [9.17, 15) is 9.18 Å². The predicted molar refractivity (Wildman–Crippen MR) is 69.0 cm³/mol. The van der Waals surface area contributed by atoms with Crippen LogP contribution in [0.4, 0.5) is 10.1 Å². The molecule has 0 unspecified atom stereocenters. The molecule has 3 N–H and O–H groups in total. The second kappa shape index (κ2) is 4.97. The molecular formula is C14H12FNO3. The Hall–Kier alpha value is -2.56. The van der Waals surface area contributed by atoms with Crippen LogP contribution in [0.3, 0.4) is 0 Å². The summed E-state index contributed by atoms with van der Waals surface area (Å²) < 4.78 is 18.6. The summed E-state index contributed by atoms with van der Waals surface area (Å²) in [5.41, 5.74) is 6.40. The van der Waals surface area contributed by atoms with E-state index in [1.54, 1.807) is 6.92 Å². The highest BCUT2D eigenvalue weighted by molar-refractivity contribution is 5.91. The summed E-state index contributed by atoms with van der Waals surface area (Å²) in [6.45, 7) is 1.60. The van der Waals surface area contributed by atoms with Crippen molar-refractivity contribution < 1.29 is 19.0 Å². The zero-order chi connectivity index (χ0) is 14.0. The highest BCUT2D eigenvalue weighted by atomic mass is 19.1. The van der Waals surface area contributed by atoms with Gasteiger partial charge in [0, 0.05) is 11.8 Å². The molecule has 2 aromatic carbocycles. The van der Waals surface area contributed by atoms with Gasteiger partial charge in [0.1, 0.15) is 22.9 Å². The van der Waals surface area contributed by atoms with Crippen LogP contribution in [-0.4, -0.2) is 11.1 Å². The highest BCUT2D eigenvalue weighted by Crippen LogP contribution is 2.28. The number of aryl methyl sites for hydroxylation is 1. The first-order valence-electron chi connectivity index (χ1n) is 5.54. The number of halogens is 1. The number of carboxylic acids is 1. The molecule has 2 rings (SSSR count). The van der Waals surface area contributed by atoms with E-state index in [1.165, 1.54) is 36.4 Å². The minimum atomic E-state index is -1.12. The average Bonchev–Trinajstić information content (AvgIpc) is 2.33. The van der Waals surface area contributed by atoms with Crippen molar-refractivity contribution in [1.29, 1.82) is 0 Å². The van der Waals surface area contributed by atoms with E-state index >= 15 is 0 Å². The van der Waals surface area contributed by atoms with Gasteiger partial charge in [-0.1, -0.05) is 0 Å². The van der Waals surface area contributed by atoms with Gasteiger partial charge in [0.25, 0.3) is 0 Å². The fourth-order valence-electron chi connectivity index (χ4n) is 1.61. The monoisotopic (exact) mass is 261 g/mol. The summed E-state index contributed by atoms with van der Waals surface area (Å²) in [6.07, 6.45) is 0. The van der Waals surface area contributed by atoms with Gasteiger partial charge in [-0.15, -0.1) is 0 Å². The lowest BCUT2D eigenvalue weighted by Gasteiger charge is -2.10. The molecule has 0 atom stereocenters. The second-order valence-corrected chi connectivity index (χ2v) is 4.07. The number of hydrogen-bond donors (Lipinski definition) is 2. The Morgan fingerprint density at radius 2 is 2.00 bits per heavy atom. The van der Waals surface area contributed by atoms with Gasteiger partial charge < -0.3 is 15.6 Å². The molecule has 0 fully saturated rings. The maximum Gasteiger partial charge on any atom is 0.339 e. The molecule has 98 valence electrons. The molecule has 4 nitrogen and oxygen atoms in total. The topological polar surface area (TPSA) is 72.5 Å². The Labute approximate surface area is 109 Å². The summed E-state index contributed by atoms with van der Waals surface area (Å²) >= 11 is 0. The summed E-state index contributed by atoms with van der Waals surface area (Å²) in [4.78, 5) is 11.1. The van der Waals surface area contributed by atoms with Crippen LogP contribution in [0.1, 0.15) is 15.9 Å². The Morgan fingerprint density at radius 3 is 2.63 bits per heavy atom. The summed E-state index contributed by atoms with van der Waals surface area (Å²) in [7, 11) is 0. The standard InChI is InChI=1S/C14H12FNO3/c1-8-6-10(3-5-12(8)15)19-13-7-9(16)2-4-11(13)14(17)18/h2-7H,16H2,1H3,(H,17,18). The summed E-state index contributed by atoms with van der Waals surface area (Å²) in [5.74, 6) is -0.988. The number of nitrogen functional groups attached to an aromatic ring is 1.